The highest BCUT2D eigenvalue weighted by atomic mass is 16.3. The van der Waals surface area contributed by atoms with Crippen molar-refractivity contribution in [2.45, 2.75) is 52.2 Å². The van der Waals surface area contributed by atoms with Gasteiger partial charge in [0.25, 0.3) is 0 Å². The highest BCUT2D eigenvalue weighted by molar-refractivity contribution is 5.85. The third kappa shape index (κ3) is 2.99. The van der Waals surface area contributed by atoms with Gasteiger partial charge in [-0.05, 0) is 49.8 Å². The average molecular weight is 286 g/mol. The van der Waals surface area contributed by atoms with Crippen LogP contribution in [0.5, 0.6) is 0 Å². The summed E-state index contributed by atoms with van der Waals surface area (Å²) in [6, 6.07) is 7.12. The van der Waals surface area contributed by atoms with E-state index in [1.54, 1.807) is 0 Å². The van der Waals surface area contributed by atoms with Gasteiger partial charge in [-0.15, -0.1) is 0 Å². The summed E-state index contributed by atoms with van der Waals surface area (Å²) in [7, 11) is 0. The van der Waals surface area contributed by atoms with Crippen LogP contribution >= 0.6 is 0 Å². The highest BCUT2D eigenvalue weighted by Gasteiger charge is 2.23. The topological polar surface area (TPSA) is 48.0 Å². The molecule has 3 nitrogen and oxygen atoms in total. The van der Waals surface area contributed by atoms with E-state index in [4.69, 9.17) is 0 Å². The van der Waals surface area contributed by atoms with E-state index in [2.05, 4.69) is 49.3 Å². The lowest BCUT2D eigenvalue weighted by Crippen LogP contribution is -2.40. The number of H-pyrrole nitrogens is 1. The van der Waals surface area contributed by atoms with E-state index in [1.165, 1.54) is 27.7 Å². The van der Waals surface area contributed by atoms with E-state index in [1.807, 2.05) is 0 Å². The van der Waals surface area contributed by atoms with Crippen LogP contribution in [0, 0.1) is 12.8 Å². The molecule has 0 saturated heterocycles. The molecule has 0 fully saturated rings. The summed E-state index contributed by atoms with van der Waals surface area (Å²) in [5.74, 6) is 0.312. The fraction of sp³-hybridized carbons (Fsp3) is 0.556. The molecule has 1 heterocycles. The van der Waals surface area contributed by atoms with Crippen molar-refractivity contribution in [1.82, 2.24) is 10.3 Å². The maximum Gasteiger partial charge on any atom is 0.0687 e. The Morgan fingerprint density at radius 3 is 2.95 bits per heavy atom. The molecule has 0 saturated carbocycles. The van der Waals surface area contributed by atoms with Gasteiger partial charge in [0, 0.05) is 29.2 Å². The Kier molecular flexibility index (Phi) is 4.05. The van der Waals surface area contributed by atoms with Crippen molar-refractivity contribution in [3.05, 3.63) is 35.0 Å². The summed E-state index contributed by atoms with van der Waals surface area (Å²) in [5.41, 5.74) is 5.44. The van der Waals surface area contributed by atoms with Gasteiger partial charge in [-0.3, -0.25) is 0 Å². The van der Waals surface area contributed by atoms with E-state index in [0.717, 1.165) is 19.3 Å². The molecule has 21 heavy (non-hydrogen) atoms. The number of aryl methyl sites for hydroxylation is 2. The molecule has 3 N–H and O–H groups in total. The summed E-state index contributed by atoms with van der Waals surface area (Å²) >= 11 is 0. The van der Waals surface area contributed by atoms with Crippen molar-refractivity contribution >= 4 is 10.9 Å². The van der Waals surface area contributed by atoms with E-state index >= 15 is 0 Å². The highest BCUT2D eigenvalue weighted by Crippen LogP contribution is 2.29. The largest absolute Gasteiger partial charge is 0.392 e. The molecule has 3 rings (SSSR count). The molecule has 2 unspecified atom stereocenters. The molecule has 0 spiro atoms. The van der Waals surface area contributed by atoms with Crippen LogP contribution in [0.3, 0.4) is 0 Å². The van der Waals surface area contributed by atoms with Crippen molar-refractivity contribution in [3.8, 4) is 0 Å². The molecule has 0 bridgehead atoms. The predicted molar refractivity (Wildman–Crippen MR) is 87.7 cm³/mol. The van der Waals surface area contributed by atoms with Crippen LogP contribution in [-0.2, 0) is 12.8 Å². The second kappa shape index (κ2) is 5.82. The number of aliphatic hydroxyl groups excluding tert-OH is 1. The number of aromatic amines is 1. The molecule has 2 aromatic rings. The number of hydrogen-bond donors (Lipinski definition) is 3. The van der Waals surface area contributed by atoms with Crippen molar-refractivity contribution in [2.75, 3.05) is 6.54 Å². The number of aliphatic hydroxyl groups is 1. The number of aromatic nitrogens is 1. The Hall–Kier alpha value is -1.32. The second-order valence-corrected chi connectivity index (χ2v) is 6.79. The quantitative estimate of drug-likeness (QED) is 0.809. The van der Waals surface area contributed by atoms with Crippen molar-refractivity contribution in [1.29, 1.82) is 0 Å². The Morgan fingerprint density at radius 1 is 1.38 bits per heavy atom. The van der Waals surface area contributed by atoms with Gasteiger partial charge in [0.05, 0.1) is 6.10 Å². The van der Waals surface area contributed by atoms with Crippen LogP contribution in [0.2, 0.25) is 0 Å². The first-order chi connectivity index (χ1) is 10.0. The van der Waals surface area contributed by atoms with Crippen molar-refractivity contribution in [2.24, 2.45) is 5.92 Å². The van der Waals surface area contributed by atoms with Gasteiger partial charge in [0.1, 0.15) is 0 Å². The Balaban J connectivity index is 1.75. The molecular weight excluding hydrogens is 260 g/mol. The fourth-order valence-corrected chi connectivity index (χ4v) is 3.23. The van der Waals surface area contributed by atoms with Gasteiger partial charge >= 0.3 is 0 Å². The van der Waals surface area contributed by atoms with Gasteiger partial charge in [0.15, 0.2) is 0 Å². The molecule has 1 aromatic heterocycles. The minimum atomic E-state index is -0.253. The molecule has 1 aromatic carbocycles. The van der Waals surface area contributed by atoms with Gasteiger partial charge in [-0.25, -0.2) is 0 Å². The number of fused-ring (bicyclic) bond motifs is 3. The zero-order valence-electron chi connectivity index (χ0n) is 13.2. The zero-order chi connectivity index (χ0) is 15.0. The zero-order valence-corrected chi connectivity index (χ0v) is 13.2. The van der Waals surface area contributed by atoms with Crippen LogP contribution in [0.4, 0.5) is 0 Å². The Labute approximate surface area is 126 Å². The Bertz CT molecular complexity index is 629. The third-order valence-electron chi connectivity index (χ3n) is 4.73. The first-order valence-corrected chi connectivity index (χ1v) is 8.06. The van der Waals surface area contributed by atoms with E-state index in [9.17, 15) is 5.11 Å². The second-order valence-electron chi connectivity index (χ2n) is 6.79. The summed E-state index contributed by atoms with van der Waals surface area (Å²) in [4.78, 5) is 3.57. The van der Waals surface area contributed by atoms with Crippen LogP contribution in [-0.4, -0.2) is 28.8 Å². The lowest BCUT2D eigenvalue weighted by Gasteiger charge is -2.26. The monoisotopic (exact) mass is 286 g/mol. The minimum Gasteiger partial charge on any atom is -0.392 e. The van der Waals surface area contributed by atoms with Gasteiger partial charge < -0.3 is 15.4 Å². The fourth-order valence-electron chi connectivity index (χ4n) is 3.23. The minimum absolute atomic E-state index is 0.253. The summed E-state index contributed by atoms with van der Waals surface area (Å²) < 4.78 is 0. The maximum atomic E-state index is 9.95. The Morgan fingerprint density at radius 2 is 2.19 bits per heavy atom. The van der Waals surface area contributed by atoms with Crippen LogP contribution in [0.1, 0.15) is 37.1 Å². The normalized spacial score (nSPS) is 20.0. The summed E-state index contributed by atoms with van der Waals surface area (Å²) in [6.07, 6.45) is 3.04. The average Bonchev–Trinajstić information content (AvgIpc) is 2.82. The molecular formula is C18H26N2O. The molecule has 114 valence electrons. The van der Waals surface area contributed by atoms with Gasteiger partial charge in [-0.2, -0.15) is 0 Å². The standard InChI is InChI=1S/C18H26N2O/c1-11(2)18(21)10-19-13-5-7-17-15(9-13)14-8-12(3)4-6-16(14)20-17/h4,6,8,11,13,18-21H,5,7,9-10H2,1-3H3. The molecule has 0 aliphatic heterocycles. The molecule has 2 atom stereocenters. The number of nitrogens with one attached hydrogen (secondary N) is 2. The van der Waals surface area contributed by atoms with Gasteiger partial charge in [-0.1, -0.05) is 25.5 Å². The number of rotatable bonds is 4. The van der Waals surface area contributed by atoms with Gasteiger partial charge in [0.2, 0.25) is 0 Å². The number of hydrogen-bond acceptors (Lipinski definition) is 2. The van der Waals surface area contributed by atoms with Crippen LogP contribution < -0.4 is 5.32 Å². The van der Waals surface area contributed by atoms with Crippen LogP contribution in [0.15, 0.2) is 18.2 Å². The van der Waals surface area contributed by atoms with Crippen LogP contribution in [0.25, 0.3) is 10.9 Å². The van der Waals surface area contributed by atoms with E-state index < -0.39 is 0 Å². The lowest BCUT2D eigenvalue weighted by molar-refractivity contribution is 0.119. The van der Waals surface area contributed by atoms with E-state index in [0.29, 0.717) is 18.5 Å². The van der Waals surface area contributed by atoms with E-state index in [-0.39, 0.29) is 6.10 Å². The molecule has 0 radical (unpaired) electrons. The molecule has 0 amide bonds. The third-order valence-corrected chi connectivity index (χ3v) is 4.73. The maximum absolute atomic E-state index is 9.95. The summed E-state index contributed by atoms with van der Waals surface area (Å²) in [6.45, 7) is 6.97. The SMILES string of the molecule is Cc1ccc2[nH]c3c(c2c1)CC(NCC(O)C(C)C)CC3. The number of benzene rings is 1. The predicted octanol–water partition coefficient (Wildman–Crippen LogP) is 2.94. The molecule has 1 aliphatic rings. The lowest BCUT2D eigenvalue weighted by atomic mass is 9.91. The smallest absolute Gasteiger partial charge is 0.0687 e. The molecule has 3 heteroatoms. The summed E-state index contributed by atoms with van der Waals surface area (Å²) in [5, 5.41) is 14.9. The van der Waals surface area contributed by atoms with Crippen molar-refractivity contribution < 1.29 is 5.11 Å². The van der Waals surface area contributed by atoms with Crippen molar-refractivity contribution in [3.63, 3.8) is 0 Å². The molecule has 1 aliphatic carbocycles. The first-order valence-electron chi connectivity index (χ1n) is 8.06. The first kappa shape index (κ1) is 14.6.